The van der Waals surface area contributed by atoms with Crippen LogP contribution in [0.15, 0.2) is 59.1 Å². The second-order valence-electron chi connectivity index (χ2n) is 5.86. The van der Waals surface area contributed by atoms with Crippen molar-refractivity contribution < 1.29 is 23.1 Å². The maximum absolute atomic E-state index is 13.0. The summed E-state index contributed by atoms with van der Waals surface area (Å²) in [5, 5.41) is 0. The Bertz CT molecular complexity index is 952. The third-order valence-electron chi connectivity index (χ3n) is 3.92. The number of halogens is 1. The van der Waals surface area contributed by atoms with Crippen LogP contribution in [0.4, 0.5) is 4.39 Å². The van der Waals surface area contributed by atoms with Crippen LogP contribution in [-0.4, -0.2) is 23.9 Å². The van der Waals surface area contributed by atoms with Gasteiger partial charge in [-0.3, -0.25) is 20.4 Å². The zero-order valence-electron chi connectivity index (χ0n) is 15.1. The van der Waals surface area contributed by atoms with E-state index >= 15 is 0 Å². The van der Waals surface area contributed by atoms with E-state index in [0.717, 1.165) is 0 Å². The molecular formula is C20H18FN3O4. The molecule has 7 nitrogen and oxygen atoms in total. The first-order valence-corrected chi connectivity index (χ1v) is 8.49. The van der Waals surface area contributed by atoms with Gasteiger partial charge in [0.15, 0.2) is 11.7 Å². The first-order chi connectivity index (χ1) is 13.5. The molecule has 1 aromatic heterocycles. The molecule has 0 radical (unpaired) electrons. The lowest BCUT2D eigenvalue weighted by atomic mass is 10.2. The van der Waals surface area contributed by atoms with Gasteiger partial charge in [0, 0.05) is 24.0 Å². The van der Waals surface area contributed by atoms with Gasteiger partial charge in [-0.1, -0.05) is 0 Å². The summed E-state index contributed by atoms with van der Waals surface area (Å²) in [6.07, 6.45) is 1.85. The molecule has 2 amide bonds. The summed E-state index contributed by atoms with van der Waals surface area (Å²) in [6, 6.07) is 12.3. The maximum atomic E-state index is 13.0. The first-order valence-electron chi connectivity index (χ1n) is 8.49. The average Bonchev–Trinajstić information content (AvgIpc) is 3.20. The fourth-order valence-electron chi connectivity index (χ4n) is 2.40. The van der Waals surface area contributed by atoms with Crippen LogP contribution in [0.5, 0.6) is 5.75 Å². The van der Waals surface area contributed by atoms with Gasteiger partial charge in [0.25, 0.3) is 5.91 Å². The van der Waals surface area contributed by atoms with Gasteiger partial charge in [0.05, 0.1) is 13.3 Å². The van der Waals surface area contributed by atoms with Crippen molar-refractivity contribution in [3.8, 4) is 17.1 Å². The molecule has 0 aliphatic carbocycles. The van der Waals surface area contributed by atoms with E-state index in [1.54, 1.807) is 36.4 Å². The number of ether oxygens (including phenoxy) is 1. The molecule has 3 aromatic rings. The summed E-state index contributed by atoms with van der Waals surface area (Å²) >= 11 is 0. The number of carbonyl (C=O) groups is 2. The van der Waals surface area contributed by atoms with Crippen LogP contribution >= 0.6 is 0 Å². The molecule has 1 heterocycles. The predicted octanol–water partition coefficient (Wildman–Crippen LogP) is 2.88. The summed E-state index contributed by atoms with van der Waals surface area (Å²) in [4.78, 5) is 28.0. The van der Waals surface area contributed by atoms with E-state index in [4.69, 9.17) is 9.15 Å². The standard InChI is InChI=1S/C20H18FN3O4/c1-27-16-8-4-14(5-9-16)20(26)24-23-18(25)10-11-19-22-12-17(28-19)13-2-6-15(21)7-3-13/h2-9,12H,10-11H2,1H3,(H,23,25)(H,24,26). The van der Waals surface area contributed by atoms with Gasteiger partial charge in [-0.2, -0.15) is 0 Å². The molecule has 0 saturated heterocycles. The van der Waals surface area contributed by atoms with Crippen LogP contribution in [0, 0.1) is 5.82 Å². The highest BCUT2D eigenvalue weighted by atomic mass is 19.1. The largest absolute Gasteiger partial charge is 0.497 e. The molecule has 0 atom stereocenters. The third-order valence-corrected chi connectivity index (χ3v) is 3.92. The van der Waals surface area contributed by atoms with E-state index in [9.17, 15) is 14.0 Å². The number of hydrogen-bond acceptors (Lipinski definition) is 5. The molecular weight excluding hydrogens is 365 g/mol. The number of benzene rings is 2. The van der Waals surface area contributed by atoms with E-state index in [-0.39, 0.29) is 24.6 Å². The smallest absolute Gasteiger partial charge is 0.269 e. The summed E-state index contributed by atoms with van der Waals surface area (Å²) in [6.45, 7) is 0. The second-order valence-corrected chi connectivity index (χ2v) is 5.86. The van der Waals surface area contributed by atoms with E-state index in [1.165, 1.54) is 25.4 Å². The highest BCUT2D eigenvalue weighted by Crippen LogP contribution is 2.21. The predicted molar refractivity (Wildman–Crippen MR) is 98.8 cm³/mol. The highest BCUT2D eigenvalue weighted by molar-refractivity contribution is 5.95. The van der Waals surface area contributed by atoms with E-state index in [2.05, 4.69) is 15.8 Å². The van der Waals surface area contributed by atoms with Crippen molar-refractivity contribution in [3.63, 3.8) is 0 Å². The SMILES string of the molecule is COc1ccc(C(=O)NNC(=O)CCc2ncc(-c3ccc(F)cc3)o2)cc1. The van der Waals surface area contributed by atoms with Gasteiger partial charge in [-0.05, 0) is 48.5 Å². The maximum Gasteiger partial charge on any atom is 0.269 e. The molecule has 0 aliphatic rings. The van der Waals surface area contributed by atoms with E-state index < -0.39 is 5.91 Å². The molecule has 0 fully saturated rings. The Balaban J connectivity index is 1.46. The number of rotatable bonds is 6. The minimum atomic E-state index is -0.439. The highest BCUT2D eigenvalue weighted by Gasteiger charge is 2.11. The van der Waals surface area contributed by atoms with Gasteiger partial charge >= 0.3 is 0 Å². The zero-order valence-corrected chi connectivity index (χ0v) is 15.1. The molecule has 28 heavy (non-hydrogen) atoms. The van der Waals surface area contributed by atoms with Crippen molar-refractivity contribution in [1.29, 1.82) is 0 Å². The zero-order chi connectivity index (χ0) is 19.9. The number of amides is 2. The molecule has 0 saturated carbocycles. The van der Waals surface area contributed by atoms with Gasteiger partial charge in [0.2, 0.25) is 5.91 Å². The number of aromatic nitrogens is 1. The van der Waals surface area contributed by atoms with Crippen LogP contribution in [0.1, 0.15) is 22.7 Å². The monoisotopic (exact) mass is 383 g/mol. The summed E-state index contributed by atoms with van der Waals surface area (Å²) in [5.41, 5.74) is 5.76. The average molecular weight is 383 g/mol. The summed E-state index contributed by atoms with van der Waals surface area (Å²) < 4.78 is 23.6. The van der Waals surface area contributed by atoms with Crippen LogP contribution in [0.25, 0.3) is 11.3 Å². The van der Waals surface area contributed by atoms with Gasteiger partial charge in [-0.15, -0.1) is 0 Å². The molecule has 0 spiro atoms. The van der Waals surface area contributed by atoms with Crippen molar-refractivity contribution in [2.24, 2.45) is 0 Å². The molecule has 3 rings (SSSR count). The van der Waals surface area contributed by atoms with E-state index in [0.29, 0.717) is 28.5 Å². The van der Waals surface area contributed by atoms with Crippen molar-refractivity contribution >= 4 is 11.8 Å². The van der Waals surface area contributed by atoms with Gasteiger partial charge in [-0.25, -0.2) is 9.37 Å². The second kappa shape index (κ2) is 8.81. The minimum Gasteiger partial charge on any atom is -0.497 e. The Kier molecular flexibility index (Phi) is 6.01. The molecule has 2 aromatic carbocycles. The van der Waals surface area contributed by atoms with Crippen molar-refractivity contribution in [2.45, 2.75) is 12.8 Å². The van der Waals surface area contributed by atoms with Gasteiger partial charge < -0.3 is 9.15 Å². The first kappa shape index (κ1) is 19.1. The number of hydrogen-bond donors (Lipinski definition) is 2. The van der Waals surface area contributed by atoms with Crippen molar-refractivity contribution in [1.82, 2.24) is 15.8 Å². The number of aryl methyl sites for hydroxylation is 1. The van der Waals surface area contributed by atoms with Crippen LogP contribution < -0.4 is 15.6 Å². The van der Waals surface area contributed by atoms with Crippen LogP contribution in [-0.2, 0) is 11.2 Å². The lowest BCUT2D eigenvalue weighted by Crippen LogP contribution is -2.41. The number of oxazole rings is 1. The third kappa shape index (κ3) is 4.94. The molecule has 144 valence electrons. The Hall–Kier alpha value is -3.68. The lowest BCUT2D eigenvalue weighted by Gasteiger charge is -2.07. The lowest BCUT2D eigenvalue weighted by molar-refractivity contribution is -0.121. The molecule has 0 unspecified atom stereocenters. The molecule has 0 aliphatic heterocycles. The summed E-state index contributed by atoms with van der Waals surface area (Å²) in [7, 11) is 1.53. The van der Waals surface area contributed by atoms with Crippen molar-refractivity contribution in [3.05, 3.63) is 72.0 Å². The number of methoxy groups -OCH3 is 1. The fourth-order valence-corrected chi connectivity index (χ4v) is 2.40. The Morgan fingerprint density at radius 3 is 2.46 bits per heavy atom. The Morgan fingerprint density at radius 1 is 1.07 bits per heavy atom. The van der Waals surface area contributed by atoms with E-state index in [1.807, 2.05) is 0 Å². The normalized spacial score (nSPS) is 10.4. The minimum absolute atomic E-state index is 0.0757. The number of nitrogens with one attached hydrogen (secondary N) is 2. The van der Waals surface area contributed by atoms with Crippen LogP contribution in [0.3, 0.4) is 0 Å². The summed E-state index contributed by atoms with van der Waals surface area (Å²) in [5.74, 6) is 0.330. The molecule has 8 heteroatoms. The Morgan fingerprint density at radius 2 is 1.79 bits per heavy atom. The fraction of sp³-hybridized carbons (Fsp3) is 0.150. The molecule has 2 N–H and O–H groups in total. The quantitative estimate of drug-likeness (QED) is 0.639. The van der Waals surface area contributed by atoms with Crippen molar-refractivity contribution in [2.75, 3.05) is 7.11 Å². The topological polar surface area (TPSA) is 93.5 Å². The van der Waals surface area contributed by atoms with Crippen LogP contribution in [0.2, 0.25) is 0 Å². The number of carbonyl (C=O) groups excluding carboxylic acids is 2. The molecule has 0 bridgehead atoms. The number of hydrazine groups is 1. The Labute approximate surface area is 160 Å². The number of nitrogens with zero attached hydrogens (tertiary/aromatic N) is 1. The van der Waals surface area contributed by atoms with Gasteiger partial charge in [0.1, 0.15) is 11.6 Å².